The summed E-state index contributed by atoms with van der Waals surface area (Å²) in [5.74, 6) is -1.09. The van der Waals surface area contributed by atoms with E-state index in [1.54, 1.807) is 18.3 Å². The fourth-order valence-electron chi connectivity index (χ4n) is 3.22. The van der Waals surface area contributed by atoms with Crippen molar-refractivity contribution in [2.45, 2.75) is 6.42 Å². The Hall–Kier alpha value is -3.13. The van der Waals surface area contributed by atoms with E-state index < -0.39 is 11.9 Å². The first kappa shape index (κ1) is 19.6. The summed E-state index contributed by atoms with van der Waals surface area (Å²) in [7, 11) is 0. The number of phenolic OH excluding ortho intramolecular Hbond substituents is 1. The van der Waals surface area contributed by atoms with Crippen molar-refractivity contribution in [3.8, 4) is 5.75 Å². The van der Waals surface area contributed by atoms with Gasteiger partial charge in [-0.25, -0.2) is 4.98 Å². The Labute approximate surface area is 163 Å². The number of pyridine rings is 1. The topological polar surface area (TPSA) is 106 Å². The highest BCUT2D eigenvalue weighted by Gasteiger charge is 2.26. The lowest BCUT2D eigenvalue weighted by molar-refractivity contribution is -0.144. The van der Waals surface area contributed by atoms with Gasteiger partial charge in [0.1, 0.15) is 11.6 Å². The monoisotopic (exact) mass is 384 g/mol. The summed E-state index contributed by atoms with van der Waals surface area (Å²) in [6.45, 7) is 3.31. The summed E-state index contributed by atoms with van der Waals surface area (Å²) >= 11 is 0. The van der Waals surface area contributed by atoms with E-state index in [0.717, 1.165) is 32.0 Å². The van der Waals surface area contributed by atoms with Crippen LogP contribution in [0.1, 0.15) is 6.42 Å². The molecule has 0 bridgehead atoms. The molecular formula is C20H24N4O4. The molecule has 1 atom stereocenters. The lowest BCUT2D eigenvalue weighted by Gasteiger charge is -2.36. The van der Waals surface area contributed by atoms with Gasteiger partial charge in [-0.2, -0.15) is 0 Å². The molecule has 3 N–H and O–H groups in total. The molecule has 28 heavy (non-hydrogen) atoms. The number of piperazine rings is 1. The van der Waals surface area contributed by atoms with Crippen LogP contribution in [0, 0.1) is 5.92 Å². The maximum Gasteiger partial charge on any atom is 0.308 e. The number of aliphatic carboxylic acids is 1. The number of aromatic nitrogens is 1. The molecule has 1 aliphatic rings. The zero-order chi connectivity index (χ0) is 19.9. The summed E-state index contributed by atoms with van der Waals surface area (Å²) in [6, 6.07) is 11.8. The number of nitrogens with one attached hydrogen (secondary N) is 1. The van der Waals surface area contributed by atoms with Gasteiger partial charge in [0.25, 0.3) is 0 Å². The van der Waals surface area contributed by atoms with Crippen molar-refractivity contribution in [1.82, 2.24) is 9.88 Å². The number of carbonyl (C=O) groups is 2. The molecule has 1 fully saturated rings. The number of aromatic hydroxyl groups is 1. The zero-order valence-corrected chi connectivity index (χ0v) is 15.5. The average molecular weight is 384 g/mol. The second-order valence-electron chi connectivity index (χ2n) is 6.81. The van der Waals surface area contributed by atoms with Crippen molar-refractivity contribution in [3.05, 3.63) is 48.7 Å². The Morgan fingerprint density at radius 3 is 2.39 bits per heavy atom. The molecule has 1 amide bonds. The van der Waals surface area contributed by atoms with Gasteiger partial charge in [-0.1, -0.05) is 6.07 Å². The number of carboxylic acid groups (broad SMARTS) is 1. The predicted octanol–water partition coefficient (Wildman–Crippen LogP) is 1.64. The molecule has 3 rings (SSSR count). The highest BCUT2D eigenvalue weighted by Crippen LogP contribution is 2.17. The van der Waals surface area contributed by atoms with Crippen LogP contribution >= 0.6 is 0 Å². The number of rotatable bonds is 7. The molecule has 0 saturated carbocycles. The van der Waals surface area contributed by atoms with E-state index in [0.29, 0.717) is 12.2 Å². The van der Waals surface area contributed by atoms with Crippen LogP contribution in [-0.2, 0) is 9.59 Å². The van der Waals surface area contributed by atoms with Crippen molar-refractivity contribution >= 4 is 23.4 Å². The summed E-state index contributed by atoms with van der Waals surface area (Å²) in [6.07, 6.45) is 1.66. The number of benzene rings is 1. The average Bonchev–Trinajstić information content (AvgIpc) is 2.70. The third kappa shape index (κ3) is 5.43. The van der Waals surface area contributed by atoms with Gasteiger partial charge in [0.05, 0.1) is 5.92 Å². The Morgan fingerprint density at radius 1 is 1.07 bits per heavy atom. The highest BCUT2D eigenvalue weighted by molar-refractivity contribution is 5.93. The maximum absolute atomic E-state index is 12.2. The molecule has 1 aliphatic heterocycles. The molecule has 1 aromatic heterocycles. The number of carboxylic acids is 1. The summed E-state index contributed by atoms with van der Waals surface area (Å²) in [4.78, 5) is 32.4. The molecule has 0 radical (unpaired) electrons. The van der Waals surface area contributed by atoms with Gasteiger partial charge in [-0.05, 0) is 36.4 Å². The molecule has 0 aliphatic carbocycles. The lowest BCUT2D eigenvalue weighted by atomic mass is 10.0. The number of nitrogens with zero attached hydrogens (tertiary/aromatic N) is 3. The van der Waals surface area contributed by atoms with Crippen LogP contribution < -0.4 is 10.2 Å². The number of phenols is 1. The fraction of sp³-hybridized carbons (Fsp3) is 0.350. The maximum atomic E-state index is 12.2. The normalized spacial score (nSPS) is 15.8. The molecule has 8 heteroatoms. The summed E-state index contributed by atoms with van der Waals surface area (Å²) in [5, 5.41) is 21.5. The van der Waals surface area contributed by atoms with Crippen molar-refractivity contribution in [3.63, 3.8) is 0 Å². The van der Waals surface area contributed by atoms with Crippen LogP contribution in [0.5, 0.6) is 5.75 Å². The van der Waals surface area contributed by atoms with Crippen LogP contribution in [0.4, 0.5) is 11.5 Å². The largest absolute Gasteiger partial charge is 0.508 e. The summed E-state index contributed by atoms with van der Waals surface area (Å²) < 4.78 is 0. The van der Waals surface area contributed by atoms with E-state index in [4.69, 9.17) is 0 Å². The number of hydrogen-bond donors (Lipinski definition) is 3. The Morgan fingerprint density at radius 2 is 1.79 bits per heavy atom. The smallest absolute Gasteiger partial charge is 0.308 e. The molecule has 1 saturated heterocycles. The van der Waals surface area contributed by atoms with Gasteiger partial charge in [0.2, 0.25) is 5.91 Å². The first-order chi connectivity index (χ1) is 13.5. The van der Waals surface area contributed by atoms with Gasteiger partial charge in [0, 0.05) is 51.0 Å². The second-order valence-corrected chi connectivity index (χ2v) is 6.81. The van der Waals surface area contributed by atoms with Gasteiger partial charge in [-0.15, -0.1) is 0 Å². The number of carbonyl (C=O) groups excluding carboxylic acids is 1. The van der Waals surface area contributed by atoms with Gasteiger partial charge < -0.3 is 20.4 Å². The lowest BCUT2D eigenvalue weighted by Crippen LogP contribution is -2.49. The first-order valence-corrected chi connectivity index (χ1v) is 9.21. The summed E-state index contributed by atoms with van der Waals surface area (Å²) in [5.41, 5.74) is 0.524. The number of hydrogen-bond acceptors (Lipinski definition) is 6. The van der Waals surface area contributed by atoms with E-state index in [9.17, 15) is 19.8 Å². The molecule has 0 unspecified atom stereocenters. The Bertz CT molecular complexity index is 790. The zero-order valence-electron chi connectivity index (χ0n) is 15.5. The van der Waals surface area contributed by atoms with Crippen LogP contribution in [-0.4, -0.2) is 64.7 Å². The van der Waals surface area contributed by atoms with Crippen molar-refractivity contribution in [2.24, 2.45) is 5.92 Å². The van der Waals surface area contributed by atoms with E-state index in [-0.39, 0.29) is 18.1 Å². The fourth-order valence-corrected chi connectivity index (χ4v) is 3.22. The van der Waals surface area contributed by atoms with Crippen molar-refractivity contribution in [2.75, 3.05) is 42.9 Å². The second kappa shape index (κ2) is 9.18. The molecule has 2 heterocycles. The molecule has 8 nitrogen and oxygen atoms in total. The third-order valence-corrected chi connectivity index (χ3v) is 4.76. The molecule has 2 aromatic rings. The van der Waals surface area contributed by atoms with Crippen LogP contribution in [0.3, 0.4) is 0 Å². The minimum atomic E-state index is -0.979. The van der Waals surface area contributed by atoms with E-state index in [1.165, 1.54) is 12.1 Å². The Kier molecular flexibility index (Phi) is 6.44. The number of anilines is 2. The van der Waals surface area contributed by atoms with Gasteiger partial charge >= 0.3 is 5.97 Å². The predicted molar refractivity (Wildman–Crippen MR) is 105 cm³/mol. The van der Waals surface area contributed by atoms with E-state index in [1.807, 2.05) is 18.2 Å². The van der Waals surface area contributed by atoms with Crippen molar-refractivity contribution in [1.29, 1.82) is 0 Å². The van der Waals surface area contributed by atoms with Crippen LogP contribution in [0.25, 0.3) is 0 Å². The van der Waals surface area contributed by atoms with Crippen LogP contribution in [0.15, 0.2) is 48.7 Å². The standard InChI is InChI=1S/C20H24N4O4/c25-17-6-4-16(5-7-17)22-19(26)13-15(20(27)28)14-23-9-11-24(12-10-23)18-3-1-2-8-21-18/h1-8,15,25H,9-14H2,(H,22,26)(H,27,28)/t15-/m1/s1. The quantitative estimate of drug-likeness (QED) is 0.623. The van der Waals surface area contributed by atoms with E-state index in [2.05, 4.69) is 20.1 Å². The molecule has 1 aromatic carbocycles. The molecule has 0 spiro atoms. The van der Waals surface area contributed by atoms with E-state index >= 15 is 0 Å². The molecule has 148 valence electrons. The van der Waals surface area contributed by atoms with Gasteiger partial charge in [0.15, 0.2) is 0 Å². The Balaban J connectivity index is 1.50. The van der Waals surface area contributed by atoms with Crippen LogP contribution in [0.2, 0.25) is 0 Å². The molecular weight excluding hydrogens is 360 g/mol. The highest BCUT2D eigenvalue weighted by atomic mass is 16.4. The first-order valence-electron chi connectivity index (χ1n) is 9.21. The van der Waals surface area contributed by atoms with Crippen molar-refractivity contribution < 1.29 is 19.8 Å². The minimum absolute atomic E-state index is 0.101. The van der Waals surface area contributed by atoms with Gasteiger partial charge in [-0.3, -0.25) is 14.5 Å². The minimum Gasteiger partial charge on any atom is -0.508 e. The third-order valence-electron chi connectivity index (χ3n) is 4.76. The SMILES string of the molecule is O=C(C[C@H](CN1CCN(c2ccccn2)CC1)C(=O)O)Nc1ccc(O)cc1. The number of amides is 1.